The van der Waals surface area contributed by atoms with Crippen molar-refractivity contribution >= 4 is 22.9 Å². The number of rotatable bonds is 5. The zero-order valence-corrected chi connectivity index (χ0v) is 22.1. The van der Waals surface area contributed by atoms with Crippen LogP contribution in [0.15, 0.2) is 34.1 Å². The van der Waals surface area contributed by atoms with Crippen molar-refractivity contribution in [3.05, 3.63) is 56.7 Å². The van der Waals surface area contributed by atoms with E-state index in [4.69, 9.17) is 4.98 Å². The van der Waals surface area contributed by atoms with Gasteiger partial charge in [0.05, 0.1) is 23.6 Å². The molecule has 0 bridgehead atoms. The van der Waals surface area contributed by atoms with Crippen LogP contribution in [0.25, 0.3) is 22.3 Å². The van der Waals surface area contributed by atoms with Crippen molar-refractivity contribution in [2.24, 2.45) is 18.9 Å². The number of nitrogens with zero attached hydrogens (tertiary/aromatic N) is 8. The van der Waals surface area contributed by atoms with Crippen LogP contribution in [0.4, 0.5) is 16.3 Å². The Balaban J connectivity index is 1.14. The average Bonchev–Trinajstić information content (AvgIpc) is 3.34. The second-order valence-electron chi connectivity index (χ2n) is 11.1. The molecule has 39 heavy (non-hydrogen) atoms. The number of fused-ring (bicyclic) bond motifs is 2. The van der Waals surface area contributed by atoms with Crippen molar-refractivity contribution in [3.63, 3.8) is 0 Å². The molecule has 2 aliphatic carbocycles. The highest BCUT2D eigenvalue weighted by molar-refractivity contribution is 5.78. The molecule has 0 unspecified atom stereocenters. The van der Waals surface area contributed by atoms with E-state index in [2.05, 4.69) is 25.0 Å². The molecule has 0 aromatic carbocycles. The van der Waals surface area contributed by atoms with Crippen LogP contribution in [0, 0.1) is 24.6 Å². The van der Waals surface area contributed by atoms with Gasteiger partial charge in [-0.25, -0.2) is 14.1 Å². The molecule has 1 aliphatic heterocycles. The Morgan fingerprint density at radius 2 is 1.87 bits per heavy atom. The van der Waals surface area contributed by atoms with Crippen LogP contribution in [0.5, 0.6) is 0 Å². The van der Waals surface area contributed by atoms with Crippen LogP contribution in [-0.4, -0.2) is 60.5 Å². The standard InChI is InChI=1S/C27H30FN9O2/c1-14-22-24(37(33-14)15-6-4-5-7-15)31-26(32-25(22)39)36-12-17-18(13-36)23(17)35(3)27-30-20(10-21(38)34(27)2)16-8-9-29-11-19(16)28/h8-11,15,17-18,23H,4-7,12-13H2,1-3H3,(H,31,32,39)/t17-,18+,23-. The highest BCUT2D eigenvalue weighted by Gasteiger charge is 2.59. The maximum Gasteiger partial charge on any atom is 0.263 e. The van der Waals surface area contributed by atoms with Crippen LogP contribution in [0.3, 0.4) is 0 Å². The van der Waals surface area contributed by atoms with Crippen molar-refractivity contribution in [2.75, 3.05) is 29.9 Å². The summed E-state index contributed by atoms with van der Waals surface area (Å²) in [5, 5.41) is 5.26. The van der Waals surface area contributed by atoms with Gasteiger partial charge in [0.1, 0.15) is 5.39 Å². The summed E-state index contributed by atoms with van der Waals surface area (Å²) < 4.78 is 17.8. The first-order chi connectivity index (χ1) is 18.8. The third kappa shape index (κ3) is 3.75. The monoisotopic (exact) mass is 531 g/mol. The van der Waals surface area contributed by atoms with Crippen molar-refractivity contribution in [1.82, 2.24) is 34.3 Å². The van der Waals surface area contributed by atoms with Gasteiger partial charge in [0.15, 0.2) is 11.5 Å². The lowest BCUT2D eigenvalue weighted by Gasteiger charge is -2.26. The normalized spacial score (nSPS) is 22.6. The highest BCUT2D eigenvalue weighted by atomic mass is 19.1. The number of nitrogens with one attached hydrogen (secondary N) is 1. The first kappa shape index (κ1) is 24.0. The number of pyridine rings is 1. The number of aryl methyl sites for hydroxylation is 1. The smallest absolute Gasteiger partial charge is 0.263 e. The number of H-pyrrole nitrogens is 1. The predicted molar refractivity (Wildman–Crippen MR) is 144 cm³/mol. The molecule has 0 radical (unpaired) electrons. The van der Waals surface area contributed by atoms with Gasteiger partial charge in [-0.1, -0.05) is 12.8 Å². The van der Waals surface area contributed by atoms with Gasteiger partial charge in [0.25, 0.3) is 11.1 Å². The Morgan fingerprint density at radius 1 is 1.13 bits per heavy atom. The first-order valence-corrected chi connectivity index (χ1v) is 13.5. The Labute approximate surface area is 223 Å². The van der Waals surface area contributed by atoms with Gasteiger partial charge in [0, 0.05) is 62.9 Å². The van der Waals surface area contributed by atoms with Gasteiger partial charge in [-0.05, 0) is 25.8 Å². The van der Waals surface area contributed by atoms with Gasteiger partial charge < -0.3 is 9.80 Å². The van der Waals surface area contributed by atoms with E-state index in [1.54, 1.807) is 7.05 Å². The molecule has 4 aromatic rings. The highest BCUT2D eigenvalue weighted by Crippen LogP contribution is 2.50. The number of piperidine rings is 1. The molecule has 0 amide bonds. The van der Waals surface area contributed by atoms with Gasteiger partial charge in [-0.15, -0.1) is 0 Å². The molecule has 0 spiro atoms. The Hall–Kier alpha value is -4.09. The lowest BCUT2D eigenvalue weighted by molar-refractivity contribution is 0.476. The zero-order chi connectivity index (χ0) is 27.0. The SMILES string of the molecule is Cc1nn(C2CCCC2)c2nc(N3C[C@@H]4[C@H](C3)[C@@H]4N(C)c3nc(-c4ccncc4F)cc(=O)n3C)[nH]c(=O)c12. The Morgan fingerprint density at radius 3 is 2.59 bits per heavy atom. The molecule has 202 valence electrons. The summed E-state index contributed by atoms with van der Waals surface area (Å²) in [4.78, 5) is 46.3. The zero-order valence-electron chi connectivity index (χ0n) is 22.1. The minimum Gasteiger partial charge on any atom is -0.342 e. The second-order valence-corrected chi connectivity index (χ2v) is 11.1. The number of hydrogen-bond donors (Lipinski definition) is 1. The minimum absolute atomic E-state index is 0.148. The van der Waals surface area contributed by atoms with Crippen molar-refractivity contribution < 1.29 is 4.39 Å². The summed E-state index contributed by atoms with van der Waals surface area (Å²) in [6.07, 6.45) is 7.08. The fourth-order valence-corrected chi connectivity index (χ4v) is 6.69. The lowest BCUT2D eigenvalue weighted by atomic mass is 10.2. The Bertz CT molecular complexity index is 1710. The predicted octanol–water partition coefficient (Wildman–Crippen LogP) is 2.41. The molecule has 1 saturated heterocycles. The molecule has 4 aromatic heterocycles. The molecular weight excluding hydrogens is 501 g/mol. The van der Waals surface area contributed by atoms with Crippen LogP contribution >= 0.6 is 0 Å². The number of halogens is 1. The molecule has 5 heterocycles. The maximum absolute atomic E-state index is 14.4. The molecule has 7 rings (SSSR count). The minimum atomic E-state index is -0.520. The van der Waals surface area contributed by atoms with Gasteiger partial charge in [0.2, 0.25) is 11.9 Å². The molecule has 3 aliphatic rings. The summed E-state index contributed by atoms with van der Waals surface area (Å²) in [6, 6.07) is 3.35. The van der Waals surface area contributed by atoms with Crippen molar-refractivity contribution in [3.8, 4) is 11.3 Å². The van der Waals surface area contributed by atoms with Gasteiger partial charge in [-0.2, -0.15) is 10.1 Å². The van der Waals surface area contributed by atoms with Crippen LogP contribution in [-0.2, 0) is 7.05 Å². The number of anilines is 2. The molecule has 2 saturated carbocycles. The molecule has 3 atom stereocenters. The summed E-state index contributed by atoms with van der Waals surface area (Å²) in [7, 11) is 3.61. The van der Waals surface area contributed by atoms with Gasteiger partial charge in [-0.3, -0.25) is 24.1 Å². The van der Waals surface area contributed by atoms with Crippen LogP contribution in [0.2, 0.25) is 0 Å². The lowest BCUT2D eigenvalue weighted by Crippen LogP contribution is -2.37. The summed E-state index contributed by atoms with van der Waals surface area (Å²) in [5.74, 6) is 1.21. The summed E-state index contributed by atoms with van der Waals surface area (Å²) >= 11 is 0. The van der Waals surface area contributed by atoms with E-state index in [1.807, 2.05) is 23.6 Å². The van der Waals surface area contributed by atoms with E-state index in [9.17, 15) is 14.0 Å². The number of hydrogen-bond acceptors (Lipinski definition) is 8. The van der Waals surface area contributed by atoms with E-state index >= 15 is 0 Å². The maximum atomic E-state index is 14.4. The largest absolute Gasteiger partial charge is 0.342 e. The summed E-state index contributed by atoms with van der Waals surface area (Å²) in [5.41, 5.74) is 1.52. The third-order valence-corrected chi connectivity index (χ3v) is 8.77. The average molecular weight is 532 g/mol. The molecule has 11 nitrogen and oxygen atoms in total. The van der Waals surface area contributed by atoms with Crippen LogP contribution < -0.4 is 20.9 Å². The quantitative estimate of drug-likeness (QED) is 0.417. The molecule has 1 N–H and O–H groups in total. The van der Waals surface area contributed by atoms with E-state index < -0.39 is 5.82 Å². The van der Waals surface area contributed by atoms with E-state index in [-0.39, 0.29) is 28.4 Å². The van der Waals surface area contributed by atoms with Crippen molar-refractivity contribution in [2.45, 2.75) is 44.7 Å². The van der Waals surface area contributed by atoms with E-state index in [1.165, 1.54) is 35.7 Å². The summed E-state index contributed by atoms with van der Waals surface area (Å²) in [6.45, 7) is 3.34. The van der Waals surface area contributed by atoms with Crippen LogP contribution in [0.1, 0.15) is 37.4 Å². The van der Waals surface area contributed by atoms with E-state index in [0.717, 1.165) is 37.8 Å². The molecule has 12 heteroatoms. The number of aromatic nitrogens is 7. The Kier molecular flexibility index (Phi) is 5.36. The van der Waals surface area contributed by atoms with Gasteiger partial charge >= 0.3 is 0 Å². The molecule has 3 fully saturated rings. The molecular formula is C27H30FN9O2. The second kappa shape index (κ2) is 8.72. The number of aromatic amines is 1. The fraction of sp³-hybridized carbons (Fsp3) is 0.481. The first-order valence-electron chi connectivity index (χ1n) is 13.5. The third-order valence-electron chi connectivity index (χ3n) is 8.77. The van der Waals surface area contributed by atoms with E-state index in [0.29, 0.717) is 40.8 Å². The van der Waals surface area contributed by atoms with Crippen molar-refractivity contribution in [1.29, 1.82) is 0 Å². The fourth-order valence-electron chi connectivity index (χ4n) is 6.69. The topological polar surface area (TPSA) is 118 Å².